The van der Waals surface area contributed by atoms with Gasteiger partial charge in [-0.2, -0.15) is 0 Å². The van der Waals surface area contributed by atoms with Crippen molar-refractivity contribution in [2.24, 2.45) is 0 Å². The highest BCUT2D eigenvalue weighted by molar-refractivity contribution is 5.74. The van der Waals surface area contributed by atoms with Crippen molar-refractivity contribution >= 4 is 12.2 Å². The number of hydrogen-bond acceptors (Lipinski definition) is 4. The Morgan fingerprint density at radius 3 is 1.54 bits per heavy atom. The van der Waals surface area contributed by atoms with E-state index in [1.54, 1.807) is 12.1 Å². The van der Waals surface area contributed by atoms with Crippen LogP contribution in [0.5, 0.6) is 11.5 Å². The predicted molar refractivity (Wildman–Crippen MR) is 138 cm³/mol. The van der Waals surface area contributed by atoms with Crippen molar-refractivity contribution in [3.8, 4) is 11.5 Å². The van der Waals surface area contributed by atoms with E-state index in [0.717, 1.165) is 49.7 Å². The van der Waals surface area contributed by atoms with Gasteiger partial charge in [-0.1, -0.05) is 93.4 Å². The van der Waals surface area contributed by atoms with Crippen LogP contribution >= 0.6 is 0 Å². The monoisotopic (exact) mass is 474 g/mol. The van der Waals surface area contributed by atoms with Gasteiger partial charge < -0.3 is 9.47 Å². The molecule has 0 aromatic heterocycles. The van der Waals surface area contributed by atoms with E-state index in [-0.39, 0.29) is 0 Å². The van der Waals surface area contributed by atoms with Gasteiger partial charge in [0.15, 0.2) is 0 Å². The lowest BCUT2D eigenvalue weighted by molar-refractivity contribution is 0.182. The number of nitrogens with one attached hydrogen (secondary N) is 2. The van der Waals surface area contributed by atoms with Gasteiger partial charge in [-0.05, 0) is 54.5 Å². The first-order valence-corrected chi connectivity index (χ1v) is 12.3. The molecule has 3 aromatic rings. The maximum Gasteiger partial charge on any atom is 0.414 e. The van der Waals surface area contributed by atoms with Crippen molar-refractivity contribution in [2.75, 3.05) is 0 Å². The number of benzene rings is 3. The van der Waals surface area contributed by atoms with E-state index in [1.165, 1.54) is 0 Å². The molecule has 0 aliphatic rings. The zero-order valence-electron chi connectivity index (χ0n) is 20.5. The summed E-state index contributed by atoms with van der Waals surface area (Å²) < 4.78 is 11.2. The SMILES string of the molecule is CCCCc1ccccc1OC(=O)NC(NC(=O)Oc1ccccc1CCCC)c1ccccc1. The Kier molecular flexibility index (Phi) is 10.2. The molecule has 0 spiro atoms. The molecule has 0 unspecified atom stereocenters. The molecule has 2 N–H and O–H groups in total. The molecule has 35 heavy (non-hydrogen) atoms. The van der Waals surface area contributed by atoms with Crippen LogP contribution in [0.3, 0.4) is 0 Å². The van der Waals surface area contributed by atoms with E-state index in [0.29, 0.717) is 17.1 Å². The van der Waals surface area contributed by atoms with Crippen LogP contribution < -0.4 is 20.1 Å². The van der Waals surface area contributed by atoms with E-state index in [1.807, 2.05) is 66.7 Å². The van der Waals surface area contributed by atoms with Gasteiger partial charge in [0.1, 0.15) is 17.7 Å². The highest BCUT2D eigenvalue weighted by Crippen LogP contribution is 2.22. The third kappa shape index (κ3) is 8.18. The van der Waals surface area contributed by atoms with Gasteiger partial charge in [-0.15, -0.1) is 0 Å². The summed E-state index contributed by atoms with van der Waals surface area (Å²) in [5, 5.41) is 5.52. The van der Waals surface area contributed by atoms with E-state index in [4.69, 9.17) is 9.47 Å². The number of aryl methyl sites for hydroxylation is 2. The Balaban J connectivity index is 1.70. The predicted octanol–water partition coefficient (Wildman–Crippen LogP) is 6.95. The molecule has 0 saturated heterocycles. The zero-order valence-corrected chi connectivity index (χ0v) is 20.5. The summed E-state index contributed by atoms with van der Waals surface area (Å²) in [6, 6.07) is 24.2. The Morgan fingerprint density at radius 2 is 1.09 bits per heavy atom. The van der Waals surface area contributed by atoms with E-state index >= 15 is 0 Å². The van der Waals surface area contributed by atoms with Crippen LogP contribution in [0.15, 0.2) is 78.9 Å². The first-order chi connectivity index (χ1) is 17.1. The number of amides is 2. The van der Waals surface area contributed by atoms with E-state index in [2.05, 4.69) is 24.5 Å². The minimum atomic E-state index is -0.832. The molecule has 6 nitrogen and oxygen atoms in total. The molecule has 0 saturated carbocycles. The summed E-state index contributed by atoms with van der Waals surface area (Å²) in [7, 11) is 0. The summed E-state index contributed by atoms with van der Waals surface area (Å²) in [6.45, 7) is 4.24. The van der Waals surface area contributed by atoms with Crippen LogP contribution in [-0.2, 0) is 12.8 Å². The molecule has 6 heteroatoms. The summed E-state index contributed by atoms with van der Waals surface area (Å²) in [5.74, 6) is 1.02. The van der Waals surface area contributed by atoms with E-state index < -0.39 is 18.4 Å². The molecule has 0 heterocycles. The lowest BCUT2D eigenvalue weighted by Gasteiger charge is -2.21. The molecule has 0 atom stereocenters. The number of ether oxygens (including phenoxy) is 2. The topological polar surface area (TPSA) is 76.7 Å². The Morgan fingerprint density at radius 1 is 0.657 bits per heavy atom. The first kappa shape index (κ1) is 25.8. The first-order valence-electron chi connectivity index (χ1n) is 12.3. The number of hydrogen-bond donors (Lipinski definition) is 2. The van der Waals surface area contributed by atoms with Crippen molar-refractivity contribution in [1.29, 1.82) is 0 Å². The number of rotatable bonds is 11. The maximum atomic E-state index is 12.8. The standard InChI is InChI=1S/C29H34N2O4/c1-3-5-14-22-16-10-12-20-25(22)34-28(32)30-27(24-18-8-7-9-19-24)31-29(33)35-26-21-13-11-17-23(26)15-6-4-2/h7-13,16-21,27H,3-6,14-15H2,1-2H3,(H,30,32)(H,31,33). The van der Waals surface area contributed by atoms with Crippen LogP contribution in [0, 0.1) is 0 Å². The van der Waals surface area contributed by atoms with E-state index in [9.17, 15) is 9.59 Å². The van der Waals surface area contributed by atoms with Gasteiger partial charge in [0.2, 0.25) is 0 Å². The van der Waals surface area contributed by atoms with Gasteiger partial charge in [0.25, 0.3) is 0 Å². The normalized spacial score (nSPS) is 10.6. The smallest absolute Gasteiger partial charge is 0.410 e. The molecule has 3 aromatic carbocycles. The Hall–Kier alpha value is -3.80. The van der Waals surface area contributed by atoms with Crippen molar-refractivity contribution in [1.82, 2.24) is 10.6 Å². The second kappa shape index (κ2) is 13.8. The van der Waals surface area contributed by atoms with Gasteiger partial charge >= 0.3 is 12.2 Å². The molecule has 0 fully saturated rings. The second-order valence-electron chi connectivity index (χ2n) is 8.33. The quantitative estimate of drug-likeness (QED) is 0.295. The van der Waals surface area contributed by atoms with Gasteiger partial charge in [0, 0.05) is 0 Å². The van der Waals surface area contributed by atoms with Crippen molar-refractivity contribution in [3.63, 3.8) is 0 Å². The average Bonchev–Trinajstić information content (AvgIpc) is 2.88. The fraction of sp³-hybridized carbons (Fsp3) is 0.310. The molecule has 0 aliphatic heterocycles. The number of para-hydroxylation sites is 2. The maximum absolute atomic E-state index is 12.8. The molecule has 0 radical (unpaired) electrons. The highest BCUT2D eigenvalue weighted by atomic mass is 16.6. The van der Waals surface area contributed by atoms with Gasteiger partial charge in [0.05, 0.1) is 0 Å². The van der Waals surface area contributed by atoms with Crippen LogP contribution in [0.2, 0.25) is 0 Å². The van der Waals surface area contributed by atoms with Gasteiger partial charge in [-0.3, -0.25) is 10.6 Å². The summed E-state index contributed by atoms with van der Waals surface area (Å²) in [5.41, 5.74) is 2.63. The number of carbonyl (C=O) groups excluding carboxylic acids is 2. The van der Waals surface area contributed by atoms with Crippen LogP contribution in [0.4, 0.5) is 9.59 Å². The lowest BCUT2D eigenvalue weighted by atomic mass is 10.1. The molecule has 184 valence electrons. The van der Waals surface area contributed by atoms with Crippen LogP contribution in [0.1, 0.15) is 62.4 Å². The lowest BCUT2D eigenvalue weighted by Crippen LogP contribution is -2.43. The summed E-state index contributed by atoms with van der Waals surface area (Å²) in [4.78, 5) is 25.6. The summed E-state index contributed by atoms with van der Waals surface area (Å²) >= 11 is 0. The Labute approximate surface area is 207 Å². The number of unbranched alkanes of at least 4 members (excludes halogenated alkanes) is 2. The fourth-order valence-electron chi connectivity index (χ4n) is 3.70. The van der Waals surface area contributed by atoms with Crippen LogP contribution in [0.25, 0.3) is 0 Å². The number of carbonyl (C=O) groups is 2. The molecule has 0 bridgehead atoms. The second-order valence-corrected chi connectivity index (χ2v) is 8.33. The largest absolute Gasteiger partial charge is 0.414 e. The average molecular weight is 475 g/mol. The van der Waals surface area contributed by atoms with Crippen molar-refractivity contribution < 1.29 is 19.1 Å². The van der Waals surface area contributed by atoms with Crippen LogP contribution in [-0.4, -0.2) is 12.2 Å². The van der Waals surface area contributed by atoms with Crippen molar-refractivity contribution in [2.45, 2.75) is 58.5 Å². The molecule has 3 rings (SSSR count). The summed E-state index contributed by atoms with van der Waals surface area (Å²) in [6.07, 6.45) is 3.59. The minimum absolute atomic E-state index is 0.512. The zero-order chi connectivity index (χ0) is 24.9. The fourth-order valence-corrected chi connectivity index (χ4v) is 3.70. The highest BCUT2D eigenvalue weighted by Gasteiger charge is 2.20. The molecular formula is C29H34N2O4. The molecule has 0 aliphatic carbocycles. The third-order valence-corrected chi connectivity index (χ3v) is 5.61. The molecule has 2 amide bonds. The Bertz CT molecular complexity index is 1020. The van der Waals surface area contributed by atoms with Crippen molar-refractivity contribution in [3.05, 3.63) is 95.6 Å². The minimum Gasteiger partial charge on any atom is -0.410 e. The molecular weight excluding hydrogens is 440 g/mol. The third-order valence-electron chi connectivity index (χ3n) is 5.61. The van der Waals surface area contributed by atoms with Gasteiger partial charge in [-0.25, -0.2) is 9.59 Å².